The molecule has 0 bridgehead atoms. The normalized spacial score (nSPS) is 10.6. The van der Waals surface area contributed by atoms with Crippen molar-refractivity contribution in [2.75, 3.05) is 0 Å². The second-order valence-corrected chi connectivity index (χ2v) is 4.98. The van der Waals surface area contributed by atoms with Crippen LogP contribution < -0.4 is 4.74 Å². The van der Waals surface area contributed by atoms with Crippen molar-refractivity contribution in [3.05, 3.63) is 39.9 Å². The molecule has 6 nitrogen and oxygen atoms in total. The number of aryl methyl sites for hydroxylation is 2. The minimum atomic E-state index is -1.03. The maximum Gasteiger partial charge on any atom is 0.337 e. The summed E-state index contributed by atoms with van der Waals surface area (Å²) in [5.74, 6) is -0.617. The molecule has 0 aliphatic heterocycles. The number of rotatable bonds is 5. The largest absolute Gasteiger partial charge is 0.486 e. The van der Waals surface area contributed by atoms with E-state index >= 15 is 0 Å². The van der Waals surface area contributed by atoms with Gasteiger partial charge in [0.15, 0.2) is 0 Å². The maximum absolute atomic E-state index is 10.9. The number of nitrogens with zero attached hydrogens (tertiary/aromatic N) is 3. The zero-order valence-corrected chi connectivity index (χ0v) is 12.7. The molecule has 0 saturated heterocycles. The van der Waals surface area contributed by atoms with Crippen molar-refractivity contribution < 1.29 is 14.6 Å². The van der Waals surface area contributed by atoms with Crippen LogP contribution in [0.5, 0.6) is 5.75 Å². The standard InChI is InChI=1S/C13H14BrN3O3/c1-3-10-12(14)11(17(2)16-10)7-20-9-4-8(13(18)19)5-15-6-9/h4-6H,3,7H2,1-2H3,(H,18,19). The van der Waals surface area contributed by atoms with Crippen LogP contribution in [0.1, 0.15) is 28.7 Å². The van der Waals surface area contributed by atoms with Gasteiger partial charge >= 0.3 is 5.97 Å². The molecule has 0 aromatic carbocycles. The molecule has 0 aliphatic carbocycles. The summed E-state index contributed by atoms with van der Waals surface area (Å²) < 4.78 is 8.25. The molecule has 20 heavy (non-hydrogen) atoms. The van der Waals surface area contributed by atoms with Crippen molar-refractivity contribution in [1.29, 1.82) is 0 Å². The number of hydrogen-bond acceptors (Lipinski definition) is 4. The van der Waals surface area contributed by atoms with Crippen LogP contribution in [0, 0.1) is 0 Å². The van der Waals surface area contributed by atoms with Crippen molar-refractivity contribution >= 4 is 21.9 Å². The number of carboxylic acids is 1. The molecule has 2 aromatic rings. The van der Waals surface area contributed by atoms with E-state index in [1.54, 1.807) is 4.68 Å². The summed E-state index contributed by atoms with van der Waals surface area (Å²) in [5.41, 5.74) is 1.95. The van der Waals surface area contributed by atoms with Crippen LogP contribution in [0.4, 0.5) is 0 Å². The van der Waals surface area contributed by atoms with Gasteiger partial charge in [0.05, 0.1) is 27.6 Å². The van der Waals surface area contributed by atoms with Crippen molar-refractivity contribution in [3.63, 3.8) is 0 Å². The van der Waals surface area contributed by atoms with Crippen LogP contribution in [0.3, 0.4) is 0 Å². The Hall–Kier alpha value is -1.89. The Balaban J connectivity index is 2.15. The maximum atomic E-state index is 10.9. The molecule has 2 rings (SSSR count). The first-order valence-electron chi connectivity index (χ1n) is 6.04. The number of carboxylic acid groups (broad SMARTS) is 1. The summed E-state index contributed by atoms with van der Waals surface area (Å²) in [6.07, 6.45) is 3.59. The number of ether oxygens (including phenoxy) is 1. The first-order chi connectivity index (χ1) is 9.52. The van der Waals surface area contributed by atoms with E-state index in [2.05, 4.69) is 26.0 Å². The van der Waals surface area contributed by atoms with Gasteiger partial charge in [-0.1, -0.05) is 6.92 Å². The topological polar surface area (TPSA) is 77.2 Å². The highest BCUT2D eigenvalue weighted by molar-refractivity contribution is 9.10. The third kappa shape index (κ3) is 2.98. The fourth-order valence-electron chi connectivity index (χ4n) is 1.74. The second kappa shape index (κ2) is 6.04. The van der Waals surface area contributed by atoms with Crippen molar-refractivity contribution in [1.82, 2.24) is 14.8 Å². The molecule has 1 N–H and O–H groups in total. The minimum Gasteiger partial charge on any atom is -0.486 e. The SMILES string of the molecule is CCc1nn(C)c(COc2cncc(C(=O)O)c2)c1Br. The van der Waals surface area contributed by atoms with Gasteiger partial charge in [-0.15, -0.1) is 0 Å². The average molecular weight is 340 g/mol. The molecule has 106 valence electrons. The van der Waals surface area contributed by atoms with Crippen molar-refractivity contribution in [2.24, 2.45) is 7.05 Å². The molecule has 7 heteroatoms. The van der Waals surface area contributed by atoms with Gasteiger partial charge < -0.3 is 9.84 Å². The van der Waals surface area contributed by atoms with Crippen LogP contribution in [0.2, 0.25) is 0 Å². The quantitative estimate of drug-likeness (QED) is 0.905. The van der Waals surface area contributed by atoms with Crippen molar-refractivity contribution in [2.45, 2.75) is 20.0 Å². The number of aromatic carboxylic acids is 1. The lowest BCUT2D eigenvalue weighted by Gasteiger charge is -2.07. The zero-order chi connectivity index (χ0) is 14.7. The lowest BCUT2D eigenvalue weighted by Crippen LogP contribution is -2.05. The highest BCUT2D eigenvalue weighted by Gasteiger charge is 2.13. The number of hydrogen-bond donors (Lipinski definition) is 1. The molecule has 0 aliphatic rings. The number of halogens is 1. The average Bonchev–Trinajstić information content (AvgIpc) is 2.71. The molecular weight excluding hydrogens is 326 g/mol. The van der Waals surface area contributed by atoms with Crippen LogP contribution in [-0.2, 0) is 20.1 Å². The summed E-state index contributed by atoms with van der Waals surface area (Å²) in [4.78, 5) is 14.7. The Morgan fingerprint density at radius 3 is 2.85 bits per heavy atom. The Morgan fingerprint density at radius 1 is 1.50 bits per heavy atom. The Kier molecular flexibility index (Phi) is 4.39. The summed E-state index contributed by atoms with van der Waals surface area (Å²) in [5, 5.41) is 13.3. The third-order valence-corrected chi connectivity index (χ3v) is 3.75. The van der Waals surface area contributed by atoms with Gasteiger partial charge in [0.2, 0.25) is 0 Å². The third-order valence-electron chi connectivity index (χ3n) is 2.84. The Bertz CT molecular complexity index is 640. The van der Waals surface area contributed by atoms with Gasteiger partial charge in [0.1, 0.15) is 12.4 Å². The van der Waals surface area contributed by atoms with E-state index < -0.39 is 5.97 Å². The van der Waals surface area contributed by atoms with Gasteiger partial charge in [-0.05, 0) is 28.4 Å². The van der Waals surface area contributed by atoms with Crippen LogP contribution in [0.25, 0.3) is 0 Å². The fraction of sp³-hybridized carbons (Fsp3) is 0.308. The van der Waals surface area contributed by atoms with Gasteiger partial charge in [0, 0.05) is 13.2 Å². The van der Waals surface area contributed by atoms with E-state index in [-0.39, 0.29) is 12.2 Å². The zero-order valence-electron chi connectivity index (χ0n) is 11.1. The molecule has 0 amide bonds. The van der Waals surface area contributed by atoms with E-state index in [0.717, 1.165) is 22.3 Å². The highest BCUT2D eigenvalue weighted by atomic mass is 79.9. The molecule has 0 atom stereocenters. The summed E-state index contributed by atoms with van der Waals surface area (Å²) in [6, 6.07) is 1.44. The number of aromatic nitrogens is 3. The van der Waals surface area contributed by atoms with E-state index in [9.17, 15) is 4.79 Å². The number of carbonyl (C=O) groups is 1. The van der Waals surface area contributed by atoms with Gasteiger partial charge in [-0.3, -0.25) is 9.67 Å². The van der Waals surface area contributed by atoms with Gasteiger partial charge in [0.25, 0.3) is 0 Å². The molecule has 0 radical (unpaired) electrons. The first-order valence-corrected chi connectivity index (χ1v) is 6.83. The second-order valence-electron chi connectivity index (χ2n) is 4.19. The van der Waals surface area contributed by atoms with Crippen LogP contribution in [0.15, 0.2) is 22.9 Å². The summed E-state index contributed by atoms with van der Waals surface area (Å²) in [7, 11) is 1.84. The molecule has 0 unspecified atom stereocenters. The monoisotopic (exact) mass is 339 g/mol. The number of pyridine rings is 1. The Labute approximate surface area is 124 Å². The predicted octanol–water partition coefficient (Wildman–Crippen LogP) is 2.42. The molecule has 0 fully saturated rings. The van der Waals surface area contributed by atoms with Gasteiger partial charge in [-0.25, -0.2) is 4.79 Å². The molecular formula is C13H14BrN3O3. The lowest BCUT2D eigenvalue weighted by molar-refractivity contribution is 0.0696. The van der Waals surface area contributed by atoms with Crippen LogP contribution in [-0.4, -0.2) is 25.8 Å². The minimum absolute atomic E-state index is 0.0980. The molecule has 2 heterocycles. The Morgan fingerprint density at radius 2 is 2.25 bits per heavy atom. The smallest absolute Gasteiger partial charge is 0.337 e. The summed E-state index contributed by atoms with van der Waals surface area (Å²) >= 11 is 3.50. The fourth-order valence-corrected chi connectivity index (χ4v) is 2.47. The molecule has 2 aromatic heterocycles. The van der Waals surface area contributed by atoms with Gasteiger partial charge in [-0.2, -0.15) is 5.10 Å². The highest BCUT2D eigenvalue weighted by Crippen LogP contribution is 2.23. The molecule has 0 saturated carbocycles. The summed E-state index contributed by atoms with van der Waals surface area (Å²) in [6.45, 7) is 2.31. The van der Waals surface area contributed by atoms with E-state index in [1.807, 2.05) is 14.0 Å². The van der Waals surface area contributed by atoms with Crippen molar-refractivity contribution in [3.8, 4) is 5.75 Å². The first kappa shape index (κ1) is 14.5. The van der Waals surface area contributed by atoms with E-state index in [4.69, 9.17) is 9.84 Å². The van der Waals surface area contributed by atoms with E-state index in [1.165, 1.54) is 18.5 Å². The van der Waals surface area contributed by atoms with Crippen LogP contribution >= 0.6 is 15.9 Å². The lowest BCUT2D eigenvalue weighted by atomic mass is 10.3. The predicted molar refractivity (Wildman–Crippen MR) is 75.8 cm³/mol. The van der Waals surface area contributed by atoms with E-state index in [0.29, 0.717) is 5.75 Å². The molecule has 0 spiro atoms.